The Bertz CT molecular complexity index is 597. The Morgan fingerprint density at radius 1 is 1.23 bits per heavy atom. The summed E-state index contributed by atoms with van der Waals surface area (Å²) in [5, 5.41) is 6.99. The second-order valence-corrected chi connectivity index (χ2v) is 8.13. The monoisotopic (exact) mass is 377 g/mol. The van der Waals surface area contributed by atoms with Gasteiger partial charge in [-0.3, -0.25) is 4.99 Å². The fourth-order valence-corrected chi connectivity index (χ4v) is 4.60. The summed E-state index contributed by atoms with van der Waals surface area (Å²) in [7, 11) is 3.52. The van der Waals surface area contributed by atoms with Crippen molar-refractivity contribution in [2.75, 3.05) is 25.7 Å². The number of methoxy groups -OCH3 is 1. The fraction of sp³-hybridized carbons (Fsp3) is 0.650. The van der Waals surface area contributed by atoms with Gasteiger partial charge in [0.05, 0.1) is 13.2 Å². The van der Waals surface area contributed by atoms with Crippen LogP contribution in [0.3, 0.4) is 0 Å². The van der Waals surface area contributed by atoms with Gasteiger partial charge in [-0.15, -0.1) is 0 Å². The molecule has 2 aliphatic rings. The molecule has 0 spiro atoms. The number of ether oxygens (including phenoxy) is 2. The van der Waals surface area contributed by atoms with Crippen LogP contribution in [0.1, 0.15) is 44.1 Å². The molecule has 2 N–H and O–H groups in total. The van der Waals surface area contributed by atoms with E-state index in [1.165, 1.54) is 31.4 Å². The summed E-state index contributed by atoms with van der Waals surface area (Å²) in [6.45, 7) is 0.686. The Kier molecular flexibility index (Phi) is 7.35. The minimum Gasteiger partial charge on any atom is -0.497 e. The number of nitrogens with one attached hydrogen (secondary N) is 2. The summed E-state index contributed by atoms with van der Waals surface area (Å²) >= 11 is 2.02. The van der Waals surface area contributed by atoms with Gasteiger partial charge in [0.25, 0.3) is 0 Å². The average Bonchev–Trinajstić information content (AvgIpc) is 3.19. The van der Waals surface area contributed by atoms with Gasteiger partial charge in [0, 0.05) is 37.0 Å². The predicted molar refractivity (Wildman–Crippen MR) is 110 cm³/mol. The first-order chi connectivity index (χ1) is 12.8. The topological polar surface area (TPSA) is 54.9 Å². The highest BCUT2D eigenvalue weighted by Gasteiger charge is 2.19. The van der Waals surface area contributed by atoms with E-state index in [2.05, 4.69) is 21.7 Å². The van der Waals surface area contributed by atoms with Gasteiger partial charge in [-0.05, 0) is 56.4 Å². The maximum atomic E-state index is 6.28. The molecule has 1 aliphatic heterocycles. The molecular weight excluding hydrogens is 346 g/mol. The van der Waals surface area contributed by atoms with Crippen molar-refractivity contribution in [2.24, 2.45) is 4.99 Å². The third-order valence-corrected chi connectivity index (χ3v) is 6.26. The van der Waals surface area contributed by atoms with Crippen LogP contribution in [-0.4, -0.2) is 43.8 Å². The zero-order valence-electron chi connectivity index (χ0n) is 15.9. The number of aliphatic imine (C=N–C) groups is 1. The first-order valence-electron chi connectivity index (χ1n) is 9.67. The summed E-state index contributed by atoms with van der Waals surface area (Å²) in [6.07, 6.45) is 7.64. The molecule has 0 radical (unpaired) electrons. The standard InChI is InChI=1S/C20H31N3O2S/c1-21-20(23-16-6-5-11-26-14-16)22-13-15-9-10-18(24-2)12-19(15)25-17-7-3-4-8-17/h9-10,12,16-17H,3-8,11,13-14H2,1-2H3,(H2,21,22,23). The summed E-state index contributed by atoms with van der Waals surface area (Å²) in [6, 6.07) is 6.58. The Hall–Kier alpha value is -1.56. The number of nitrogens with zero attached hydrogens (tertiary/aromatic N) is 1. The summed E-state index contributed by atoms with van der Waals surface area (Å²) in [4.78, 5) is 4.38. The van der Waals surface area contributed by atoms with Crippen molar-refractivity contribution in [2.45, 2.75) is 57.2 Å². The molecule has 2 fully saturated rings. The van der Waals surface area contributed by atoms with Crippen LogP contribution in [-0.2, 0) is 6.54 Å². The van der Waals surface area contributed by atoms with Gasteiger partial charge in [0.15, 0.2) is 5.96 Å². The second kappa shape index (κ2) is 9.95. The van der Waals surface area contributed by atoms with Crippen LogP contribution in [0.5, 0.6) is 11.5 Å². The number of hydrogen-bond donors (Lipinski definition) is 2. The number of guanidine groups is 1. The predicted octanol–water partition coefficient (Wildman–Crippen LogP) is 3.58. The molecular formula is C20H31N3O2S. The first kappa shape index (κ1) is 19.2. The van der Waals surface area contributed by atoms with Crippen molar-refractivity contribution in [3.63, 3.8) is 0 Å². The molecule has 3 rings (SSSR count). The van der Waals surface area contributed by atoms with Crippen molar-refractivity contribution in [3.8, 4) is 11.5 Å². The summed E-state index contributed by atoms with van der Waals surface area (Å²) in [5.74, 6) is 5.05. The zero-order chi connectivity index (χ0) is 18.2. The van der Waals surface area contributed by atoms with Crippen molar-refractivity contribution >= 4 is 17.7 Å². The van der Waals surface area contributed by atoms with Crippen LogP contribution in [0.25, 0.3) is 0 Å². The van der Waals surface area contributed by atoms with E-state index >= 15 is 0 Å². The largest absolute Gasteiger partial charge is 0.497 e. The van der Waals surface area contributed by atoms with Gasteiger partial charge in [-0.2, -0.15) is 11.8 Å². The molecule has 1 saturated carbocycles. The molecule has 144 valence electrons. The van der Waals surface area contributed by atoms with Gasteiger partial charge >= 0.3 is 0 Å². The Morgan fingerprint density at radius 2 is 2.08 bits per heavy atom. The van der Waals surface area contributed by atoms with E-state index in [0.717, 1.165) is 41.6 Å². The number of thioether (sulfide) groups is 1. The molecule has 0 aromatic heterocycles. The zero-order valence-corrected chi connectivity index (χ0v) is 16.7. The summed E-state index contributed by atoms with van der Waals surface area (Å²) in [5.41, 5.74) is 1.14. The first-order valence-corrected chi connectivity index (χ1v) is 10.8. The minimum absolute atomic E-state index is 0.331. The molecule has 1 unspecified atom stereocenters. The Balaban J connectivity index is 1.61. The van der Waals surface area contributed by atoms with Crippen molar-refractivity contribution in [1.29, 1.82) is 0 Å². The molecule has 1 aromatic rings. The van der Waals surface area contributed by atoms with Gasteiger partial charge in [-0.25, -0.2) is 0 Å². The second-order valence-electron chi connectivity index (χ2n) is 6.98. The van der Waals surface area contributed by atoms with E-state index in [0.29, 0.717) is 18.7 Å². The minimum atomic E-state index is 0.331. The van der Waals surface area contributed by atoms with Gasteiger partial charge in [0.1, 0.15) is 11.5 Å². The highest BCUT2D eigenvalue weighted by Crippen LogP contribution is 2.30. The lowest BCUT2D eigenvalue weighted by Gasteiger charge is -2.25. The molecule has 0 amide bonds. The van der Waals surface area contributed by atoms with Crippen molar-refractivity contribution < 1.29 is 9.47 Å². The van der Waals surface area contributed by atoms with Crippen molar-refractivity contribution in [3.05, 3.63) is 23.8 Å². The molecule has 1 saturated heterocycles. The molecule has 6 heteroatoms. The van der Waals surface area contributed by atoms with Gasteiger partial charge in [-0.1, -0.05) is 0 Å². The lowest BCUT2D eigenvalue weighted by atomic mass is 10.1. The van der Waals surface area contributed by atoms with E-state index in [-0.39, 0.29) is 0 Å². The maximum Gasteiger partial charge on any atom is 0.191 e. The van der Waals surface area contributed by atoms with E-state index in [9.17, 15) is 0 Å². The van der Waals surface area contributed by atoms with Crippen LogP contribution < -0.4 is 20.1 Å². The highest BCUT2D eigenvalue weighted by molar-refractivity contribution is 7.99. The number of hydrogen-bond acceptors (Lipinski definition) is 4. The van der Waals surface area contributed by atoms with Crippen molar-refractivity contribution in [1.82, 2.24) is 10.6 Å². The molecule has 0 bridgehead atoms. The van der Waals surface area contributed by atoms with Gasteiger partial charge < -0.3 is 20.1 Å². The van der Waals surface area contributed by atoms with Crippen LogP contribution in [0, 0.1) is 0 Å². The normalized spacial score (nSPS) is 21.5. The van der Waals surface area contributed by atoms with Crippen LogP contribution in [0.2, 0.25) is 0 Å². The lowest BCUT2D eigenvalue weighted by Crippen LogP contribution is -2.45. The molecule has 1 aliphatic carbocycles. The molecule has 1 heterocycles. The molecule has 1 atom stereocenters. The average molecular weight is 378 g/mol. The lowest BCUT2D eigenvalue weighted by molar-refractivity contribution is 0.207. The Morgan fingerprint density at radius 3 is 2.77 bits per heavy atom. The third-order valence-electron chi connectivity index (χ3n) is 5.04. The van der Waals surface area contributed by atoms with E-state index < -0.39 is 0 Å². The van der Waals surface area contributed by atoms with Crippen LogP contribution in [0.15, 0.2) is 23.2 Å². The van der Waals surface area contributed by atoms with Crippen LogP contribution in [0.4, 0.5) is 0 Å². The third kappa shape index (κ3) is 5.47. The molecule has 26 heavy (non-hydrogen) atoms. The maximum absolute atomic E-state index is 6.28. The number of benzene rings is 1. The fourth-order valence-electron chi connectivity index (χ4n) is 3.52. The summed E-state index contributed by atoms with van der Waals surface area (Å²) < 4.78 is 11.7. The quantitative estimate of drug-likeness (QED) is 0.586. The number of rotatable bonds is 6. The van der Waals surface area contributed by atoms with E-state index in [1.807, 2.05) is 30.9 Å². The SMILES string of the molecule is CN=C(NCc1ccc(OC)cc1OC1CCCC1)NC1CCCSC1. The van der Waals surface area contributed by atoms with Crippen LogP contribution >= 0.6 is 11.8 Å². The van der Waals surface area contributed by atoms with E-state index in [4.69, 9.17) is 9.47 Å². The Labute approximate surface area is 161 Å². The van der Waals surface area contributed by atoms with E-state index in [1.54, 1.807) is 7.11 Å². The van der Waals surface area contributed by atoms with Gasteiger partial charge in [0.2, 0.25) is 0 Å². The molecule has 5 nitrogen and oxygen atoms in total. The smallest absolute Gasteiger partial charge is 0.191 e. The molecule has 1 aromatic carbocycles. The highest BCUT2D eigenvalue weighted by atomic mass is 32.2.